The van der Waals surface area contributed by atoms with Crippen LogP contribution in [0.2, 0.25) is 0 Å². The summed E-state index contributed by atoms with van der Waals surface area (Å²) in [5, 5.41) is 0. The van der Waals surface area contributed by atoms with Gasteiger partial charge in [-0.1, -0.05) is 85.8 Å². The maximum Gasteiger partial charge on any atom is 0.0213 e. The Morgan fingerprint density at radius 3 is 2.35 bits per heavy atom. The average Bonchev–Trinajstić information content (AvgIpc) is 2.47. The molecule has 100 valence electrons. The molecule has 2 aromatic carbocycles. The highest BCUT2D eigenvalue weighted by molar-refractivity contribution is 5.64. The second-order valence-corrected chi connectivity index (χ2v) is 5.89. The van der Waals surface area contributed by atoms with Crippen molar-refractivity contribution in [1.82, 2.24) is 0 Å². The van der Waals surface area contributed by atoms with Crippen molar-refractivity contribution in [2.45, 2.75) is 25.2 Å². The van der Waals surface area contributed by atoms with Gasteiger partial charge in [0.05, 0.1) is 0 Å². The number of hydrogen-bond acceptors (Lipinski definition) is 0. The van der Waals surface area contributed by atoms with Gasteiger partial charge in [0.15, 0.2) is 0 Å². The molecule has 0 saturated carbocycles. The fraction of sp³-hybridized carbons (Fsp3) is 0.200. The van der Waals surface area contributed by atoms with Gasteiger partial charge in [-0.05, 0) is 23.6 Å². The van der Waals surface area contributed by atoms with E-state index >= 15 is 0 Å². The lowest BCUT2D eigenvalue weighted by Crippen LogP contribution is -2.31. The highest BCUT2D eigenvalue weighted by atomic mass is 14.4. The predicted molar refractivity (Wildman–Crippen MR) is 86.8 cm³/mol. The van der Waals surface area contributed by atoms with Crippen LogP contribution in [0.4, 0.5) is 0 Å². The van der Waals surface area contributed by atoms with Crippen LogP contribution < -0.4 is 0 Å². The van der Waals surface area contributed by atoms with Gasteiger partial charge in [0.2, 0.25) is 0 Å². The maximum absolute atomic E-state index is 4.26. The normalized spacial score (nSPS) is 24.2. The first-order chi connectivity index (χ1) is 9.63. The summed E-state index contributed by atoms with van der Waals surface area (Å²) in [7, 11) is 0. The molecule has 0 bridgehead atoms. The zero-order valence-corrected chi connectivity index (χ0v) is 12.1. The number of allylic oxidation sites excluding steroid dienone is 2. The van der Waals surface area contributed by atoms with Crippen LogP contribution in [-0.2, 0) is 5.41 Å². The molecule has 1 aliphatic carbocycles. The minimum atomic E-state index is -0.0263. The Balaban J connectivity index is 2.21. The molecular formula is C20H20. The van der Waals surface area contributed by atoms with E-state index in [2.05, 4.69) is 87.2 Å². The van der Waals surface area contributed by atoms with Crippen molar-refractivity contribution in [3.05, 3.63) is 89.5 Å². The van der Waals surface area contributed by atoms with Crippen LogP contribution in [0, 0.1) is 0 Å². The third-order valence-corrected chi connectivity index (χ3v) is 4.40. The summed E-state index contributed by atoms with van der Waals surface area (Å²) in [6.45, 7) is 8.72. The molecule has 0 aromatic heterocycles. The molecule has 0 spiro atoms. The Labute approximate surface area is 121 Å². The molecule has 20 heavy (non-hydrogen) atoms. The first-order valence-corrected chi connectivity index (χ1v) is 7.12. The standard InChI is InChI=1S/C20H20/c1-15(2)19-18-12-8-7-9-16(18)13-14-20(19,3)17-10-5-4-6-11-17/h4-14,19H,1H2,2-3H3/t19-,20+/m0/s1. The summed E-state index contributed by atoms with van der Waals surface area (Å²) in [6.07, 6.45) is 4.59. The Hall–Kier alpha value is -2.08. The van der Waals surface area contributed by atoms with E-state index in [4.69, 9.17) is 0 Å². The van der Waals surface area contributed by atoms with Crippen LogP contribution >= 0.6 is 0 Å². The van der Waals surface area contributed by atoms with Crippen LogP contribution in [0.25, 0.3) is 6.08 Å². The molecule has 0 heterocycles. The van der Waals surface area contributed by atoms with E-state index in [-0.39, 0.29) is 5.41 Å². The molecule has 0 radical (unpaired) electrons. The lowest BCUT2D eigenvalue weighted by Gasteiger charge is -2.40. The van der Waals surface area contributed by atoms with E-state index in [1.165, 1.54) is 22.3 Å². The van der Waals surface area contributed by atoms with Crippen molar-refractivity contribution < 1.29 is 0 Å². The van der Waals surface area contributed by atoms with Crippen molar-refractivity contribution in [1.29, 1.82) is 0 Å². The van der Waals surface area contributed by atoms with Crippen molar-refractivity contribution in [3.63, 3.8) is 0 Å². The first-order valence-electron chi connectivity index (χ1n) is 7.12. The van der Waals surface area contributed by atoms with Gasteiger partial charge in [0.1, 0.15) is 0 Å². The summed E-state index contributed by atoms with van der Waals surface area (Å²) in [6, 6.07) is 19.4. The second kappa shape index (κ2) is 4.79. The Kier molecular flexibility index (Phi) is 3.10. The van der Waals surface area contributed by atoms with E-state index < -0.39 is 0 Å². The predicted octanol–water partition coefficient (Wildman–Crippen LogP) is 5.33. The number of benzene rings is 2. The first kappa shape index (κ1) is 12.9. The van der Waals surface area contributed by atoms with Crippen LogP contribution in [-0.4, -0.2) is 0 Å². The molecule has 1 aliphatic rings. The zero-order chi connectivity index (χ0) is 14.2. The van der Waals surface area contributed by atoms with Gasteiger partial charge < -0.3 is 0 Å². The van der Waals surface area contributed by atoms with E-state index in [9.17, 15) is 0 Å². The zero-order valence-electron chi connectivity index (χ0n) is 12.1. The summed E-state index contributed by atoms with van der Waals surface area (Å²) in [5.74, 6) is 0.325. The molecule has 0 nitrogen and oxygen atoms in total. The Morgan fingerprint density at radius 1 is 1.00 bits per heavy atom. The average molecular weight is 260 g/mol. The molecule has 0 saturated heterocycles. The van der Waals surface area contributed by atoms with Crippen LogP contribution in [0.1, 0.15) is 36.5 Å². The van der Waals surface area contributed by atoms with Gasteiger partial charge in [0, 0.05) is 11.3 Å². The molecule has 0 heteroatoms. The summed E-state index contributed by atoms with van der Waals surface area (Å²) in [5.41, 5.74) is 5.23. The van der Waals surface area contributed by atoms with E-state index in [0.29, 0.717) is 5.92 Å². The van der Waals surface area contributed by atoms with Gasteiger partial charge in [-0.3, -0.25) is 0 Å². The van der Waals surface area contributed by atoms with Crippen molar-refractivity contribution >= 4 is 6.08 Å². The fourth-order valence-corrected chi connectivity index (χ4v) is 3.45. The van der Waals surface area contributed by atoms with E-state index in [0.717, 1.165) is 0 Å². The Morgan fingerprint density at radius 2 is 1.65 bits per heavy atom. The van der Waals surface area contributed by atoms with Crippen molar-refractivity contribution in [2.75, 3.05) is 0 Å². The minimum absolute atomic E-state index is 0.0263. The van der Waals surface area contributed by atoms with Crippen LogP contribution in [0.15, 0.2) is 72.8 Å². The van der Waals surface area contributed by atoms with Gasteiger partial charge in [-0.25, -0.2) is 0 Å². The molecule has 0 N–H and O–H groups in total. The largest absolute Gasteiger partial charge is 0.0995 e. The molecule has 0 amide bonds. The monoisotopic (exact) mass is 260 g/mol. The van der Waals surface area contributed by atoms with Crippen molar-refractivity contribution in [3.8, 4) is 0 Å². The van der Waals surface area contributed by atoms with Gasteiger partial charge >= 0.3 is 0 Å². The van der Waals surface area contributed by atoms with Crippen molar-refractivity contribution in [2.24, 2.45) is 0 Å². The lowest BCUT2D eigenvalue weighted by molar-refractivity contribution is 0.507. The maximum atomic E-state index is 4.26. The van der Waals surface area contributed by atoms with Gasteiger partial charge in [0.25, 0.3) is 0 Å². The van der Waals surface area contributed by atoms with E-state index in [1.807, 2.05) is 0 Å². The molecule has 3 rings (SSSR count). The van der Waals surface area contributed by atoms with Crippen LogP contribution in [0.5, 0.6) is 0 Å². The lowest BCUT2D eigenvalue weighted by atomic mass is 9.63. The number of hydrogen-bond donors (Lipinski definition) is 0. The topological polar surface area (TPSA) is 0 Å². The molecule has 0 aliphatic heterocycles. The molecule has 0 unspecified atom stereocenters. The second-order valence-electron chi connectivity index (χ2n) is 5.89. The van der Waals surface area contributed by atoms with Crippen LogP contribution in [0.3, 0.4) is 0 Å². The van der Waals surface area contributed by atoms with Gasteiger partial charge in [-0.15, -0.1) is 0 Å². The third-order valence-electron chi connectivity index (χ3n) is 4.40. The highest BCUT2D eigenvalue weighted by Crippen LogP contribution is 2.48. The fourth-order valence-electron chi connectivity index (χ4n) is 3.45. The number of rotatable bonds is 2. The van der Waals surface area contributed by atoms with E-state index in [1.54, 1.807) is 0 Å². The van der Waals surface area contributed by atoms with Gasteiger partial charge in [-0.2, -0.15) is 0 Å². The third kappa shape index (κ3) is 1.92. The SMILES string of the molecule is C=C(C)[C@H]1c2ccccc2C=C[C@]1(C)c1ccccc1. The summed E-state index contributed by atoms with van der Waals surface area (Å²) >= 11 is 0. The minimum Gasteiger partial charge on any atom is -0.0995 e. The summed E-state index contributed by atoms with van der Waals surface area (Å²) in [4.78, 5) is 0. The molecule has 2 atom stereocenters. The Bertz CT molecular complexity index is 663. The number of fused-ring (bicyclic) bond motifs is 1. The highest BCUT2D eigenvalue weighted by Gasteiger charge is 2.38. The smallest absolute Gasteiger partial charge is 0.0213 e. The molecule has 2 aromatic rings. The quantitative estimate of drug-likeness (QED) is 0.640. The molecular weight excluding hydrogens is 240 g/mol. The molecule has 0 fully saturated rings. The summed E-state index contributed by atoms with van der Waals surface area (Å²) < 4.78 is 0.